The highest BCUT2D eigenvalue weighted by Gasteiger charge is 2.08. The predicted molar refractivity (Wildman–Crippen MR) is 34.3 cm³/mol. The number of rotatable bonds is 0. The van der Waals surface area contributed by atoms with E-state index in [1.165, 1.54) is 5.57 Å². The number of hydrogen-bond donors (Lipinski definition) is 0. The van der Waals surface area contributed by atoms with Gasteiger partial charge >= 0.3 is 0 Å². The number of hydrogen-bond acceptors (Lipinski definition) is 0. The van der Waals surface area contributed by atoms with E-state index in [9.17, 15) is 0 Å². The molecule has 0 nitrogen and oxygen atoms in total. The fourth-order valence-corrected chi connectivity index (χ4v) is 0. The summed E-state index contributed by atoms with van der Waals surface area (Å²) >= 11 is 0. The summed E-state index contributed by atoms with van der Waals surface area (Å²) in [7, 11) is 0. The van der Waals surface area contributed by atoms with Crippen LogP contribution in [0.5, 0.6) is 0 Å². The van der Waals surface area contributed by atoms with Gasteiger partial charge in [0.2, 0.25) is 0 Å². The van der Waals surface area contributed by atoms with Crippen LogP contribution in [-0.2, 0) is 0 Å². The smallest absolute Gasteiger partial charge is 0.0178 e. The van der Waals surface area contributed by atoms with Crippen molar-refractivity contribution < 1.29 is 0 Å². The van der Waals surface area contributed by atoms with Crippen molar-refractivity contribution in [1.82, 2.24) is 0 Å². The van der Waals surface area contributed by atoms with E-state index in [4.69, 9.17) is 0 Å². The topological polar surface area (TPSA) is 0 Å². The molecule has 0 aliphatic carbocycles. The van der Waals surface area contributed by atoms with E-state index in [0.29, 0.717) is 5.41 Å². The van der Waals surface area contributed by atoms with E-state index >= 15 is 0 Å². The highest BCUT2D eigenvalue weighted by Crippen LogP contribution is 2.21. The van der Waals surface area contributed by atoms with Gasteiger partial charge in [0.05, 0.1) is 0 Å². The lowest BCUT2D eigenvalue weighted by Gasteiger charge is -2.16. The van der Waals surface area contributed by atoms with Crippen LogP contribution in [0.3, 0.4) is 0 Å². The Balaban J connectivity index is 3.79. The lowest BCUT2D eigenvalue weighted by Crippen LogP contribution is -2.04. The van der Waals surface area contributed by atoms with Gasteiger partial charge in [0.25, 0.3) is 0 Å². The van der Waals surface area contributed by atoms with Crippen LogP contribution in [0.2, 0.25) is 0 Å². The highest BCUT2D eigenvalue weighted by atomic mass is 14.2. The first kappa shape index (κ1) is 6.74. The fraction of sp³-hybridized carbons (Fsp3) is 0.714. The van der Waals surface area contributed by atoms with Crippen molar-refractivity contribution in [2.75, 3.05) is 0 Å². The second-order valence-corrected chi connectivity index (χ2v) is 3.03. The Labute approximate surface area is 46.2 Å². The second kappa shape index (κ2) is 1.69. The molecule has 0 heterocycles. The third-order valence-corrected chi connectivity index (χ3v) is 1.28. The lowest BCUT2D eigenvalue weighted by molar-refractivity contribution is 0.506. The molecule has 0 unspecified atom stereocenters. The summed E-state index contributed by atoms with van der Waals surface area (Å²) in [5.74, 6) is 0. The van der Waals surface area contributed by atoms with E-state index in [1.54, 1.807) is 0 Å². The van der Waals surface area contributed by atoms with Gasteiger partial charge in [-0.3, -0.25) is 0 Å². The Bertz CT molecular complexity index is 72.5. The maximum Gasteiger partial charge on any atom is -0.0178 e. The minimum absolute atomic E-state index is 0.306. The molecule has 0 heteroatoms. The molecule has 0 atom stereocenters. The second-order valence-electron chi connectivity index (χ2n) is 3.03. The molecule has 0 aromatic carbocycles. The maximum absolute atomic E-state index is 3.83. The monoisotopic (exact) mass is 99.1 g/mol. The van der Waals surface area contributed by atoms with Gasteiger partial charge in [-0.1, -0.05) is 32.9 Å². The zero-order chi connectivity index (χ0) is 6.08. The first-order chi connectivity index (χ1) is 2.94. The molecule has 0 amide bonds. The SMILES string of the molecule is CC(=[13CH2])C(C)(C)C. The minimum atomic E-state index is 0.306. The fourth-order valence-electron chi connectivity index (χ4n) is 0. The molecule has 0 saturated carbocycles. The van der Waals surface area contributed by atoms with Crippen molar-refractivity contribution in [3.05, 3.63) is 12.2 Å². The molecule has 0 fully saturated rings. The average Bonchev–Trinajstić information content (AvgIpc) is 1.31. The Morgan fingerprint density at radius 2 is 1.43 bits per heavy atom. The van der Waals surface area contributed by atoms with Gasteiger partial charge in [0, 0.05) is 0 Å². The summed E-state index contributed by atoms with van der Waals surface area (Å²) in [6.45, 7) is 12.4. The molecular formula is C7H14. The van der Waals surface area contributed by atoms with Gasteiger partial charge in [-0.2, -0.15) is 0 Å². The van der Waals surface area contributed by atoms with E-state index in [0.717, 1.165) is 0 Å². The van der Waals surface area contributed by atoms with Gasteiger partial charge in [-0.25, -0.2) is 0 Å². The van der Waals surface area contributed by atoms with Crippen LogP contribution in [0, 0.1) is 5.41 Å². The summed E-state index contributed by atoms with van der Waals surface area (Å²) in [6, 6.07) is 0. The quantitative estimate of drug-likeness (QED) is 0.323. The average molecular weight is 99.2 g/mol. The summed E-state index contributed by atoms with van der Waals surface area (Å²) in [5, 5.41) is 0. The van der Waals surface area contributed by atoms with Gasteiger partial charge in [0.1, 0.15) is 0 Å². The lowest BCUT2D eigenvalue weighted by atomic mass is 9.91. The minimum Gasteiger partial charge on any atom is -0.0996 e. The molecule has 0 radical (unpaired) electrons. The van der Waals surface area contributed by atoms with Gasteiger partial charge in [-0.05, 0) is 12.3 Å². The van der Waals surface area contributed by atoms with Crippen molar-refractivity contribution in [2.45, 2.75) is 27.7 Å². The normalized spacial score (nSPS) is 11.4. The molecule has 0 aromatic heterocycles. The van der Waals surface area contributed by atoms with Crippen LogP contribution in [0.4, 0.5) is 0 Å². The van der Waals surface area contributed by atoms with E-state index in [-0.39, 0.29) is 0 Å². The molecule has 0 bridgehead atoms. The first-order valence-corrected chi connectivity index (χ1v) is 2.60. The predicted octanol–water partition coefficient (Wildman–Crippen LogP) is 2.61. The Morgan fingerprint density at radius 1 is 1.29 bits per heavy atom. The Hall–Kier alpha value is -0.260. The molecule has 0 aliphatic rings. The van der Waals surface area contributed by atoms with Crippen molar-refractivity contribution in [2.24, 2.45) is 5.41 Å². The Morgan fingerprint density at radius 3 is 1.43 bits per heavy atom. The van der Waals surface area contributed by atoms with Crippen LogP contribution >= 0.6 is 0 Å². The van der Waals surface area contributed by atoms with Crippen LogP contribution in [0.15, 0.2) is 12.2 Å². The van der Waals surface area contributed by atoms with Crippen molar-refractivity contribution in [1.29, 1.82) is 0 Å². The molecule has 0 rings (SSSR count). The number of allylic oxidation sites excluding steroid dienone is 1. The van der Waals surface area contributed by atoms with Gasteiger partial charge in [-0.15, -0.1) is 0 Å². The van der Waals surface area contributed by atoms with Crippen LogP contribution in [0.25, 0.3) is 0 Å². The summed E-state index contributed by atoms with van der Waals surface area (Å²) in [6.07, 6.45) is 0. The third kappa shape index (κ3) is 2.44. The van der Waals surface area contributed by atoms with Crippen LogP contribution in [-0.4, -0.2) is 0 Å². The zero-order valence-electron chi connectivity index (χ0n) is 5.71. The molecule has 0 N–H and O–H groups in total. The molecule has 0 spiro atoms. The molecule has 0 saturated heterocycles. The van der Waals surface area contributed by atoms with Gasteiger partial charge in [0.15, 0.2) is 0 Å². The molecule has 7 heavy (non-hydrogen) atoms. The summed E-state index contributed by atoms with van der Waals surface area (Å²) in [4.78, 5) is 0. The molecule has 42 valence electrons. The largest absolute Gasteiger partial charge is 0.0996 e. The maximum atomic E-state index is 3.83. The summed E-state index contributed by atoms with van der Waals surface area (Å²) < 4.78 is 0. The van der Waals surface area contributed by atoms with Gasteiger partial charge < -0.3 is 0 Å². The van der Waals surface area contributed by atoms with Crippen LogP contribution in [0.1, 0.15) is 27.7 Å². The highest BCUT2D eigenvalue weighted by molar-refractivity contribution is 4.99. The van der Waals surface area contributed by atoms with Crippen LogP contribution < -0.4 is 0 Å². The third-order valence-electron chi connectivity index (χ3n) is 1.28. The Kier molecular flexibility index (Phi) is 1.63. The van der Waals surface area contributed by atoms with Crippen molar-refractivity contribution in [3.63, 3.8) is 0 Å². The van der Waals surface area contributed by atoms with E-state index < -0.39 is 0 Å². The van der Waals surface area contributed by atoms with E-state index in [1.807, 2.05) is 0 Å². The molecule has 0 aliphatic heterocycles. The standard InChI is InChI=1S/C7H14/c1-6(2)7(3,4)5/h1H2,2-5H3/i1+1. The first-order valence-electron chi connectivity index (χ1n) is 2.60. The zero-order valence-corrected chi connectivity index (χ0v) is 5.71. The van der Waals surface area contributed by atoms with E-state index in [2.05, 4.69) is 34.3 Å². The molecular weight excluding hydrogens is 85.1 g/mol. The van der Waals surface area contributed by atoms with Crippen molar-refractivity contribution >= 4 is 0 Å². The summed E-state index contributed by atoms with van der Waals surface area (Å²) in [5.41, 5.74) is 1.55. The molecule has 0 aromatic rings. The van der Waals surface area contributed by atoms with Crippen molar-refractivity contribution in [3.8, 4) is 0 Å².